The van der Waals surface area contributed by atoms with Crippen LogP contribution in [0.25, 0.3) is 0 Å². The third-order valence-corrected chi connectivity index (χ3v) is 8.67. The van der Waals surface area contributed by atoms with E-state index in [1.54, 1.807) is 19.9 Å². The molecule has 37 heavy (non-hydrogen) atoms. The molecule has 4 rings (SSSR count). The van der Waals surface area contributed by atoms with Crippen molar-refractivity contribution in [2.75, 3.05) is 27.4 Å². The number of hydrogen-bond donors (Lipinski definition) is 1. The second kappa shape index (κ2) is 9.17. The van der Waals surface area contributed by atoms with Gasteiger partial charge >= 0.3 is 23.9 Å². The number of carbonyl (C=O) groups excluding carboxylic acids is 5. The summed E-state index contributed by atoms with van der Waals surface area (Å²) in [7, 11) is 2.22. The van der Waals surface area contributed by atoms with Crippen molar-refractivity contribution in [3.63, 3.8) is 0 Å². The Morgan fingerprint density at radius 2 is 1.65 bits per heavy atom. The van der Waals surface area contributed by atoms with Crippen LogP contribution in [-0.4, -0.2) is 86.3 Å². The first-order valence-electron chi connectivity index (χ1n) is 12.1. The van der Waals surface area contributed by atoms with Gasteiger partial charge in [0.2, 0.25) is 0 Å². The van der Waals surface area contributed by atoms with Gasteiger partial charge in [-0.3, -0.25) is 14.4 Å². The summed E-state index contributed by atoms with van der Waals surface area (Å²) in [5.41, 5.74) is -2.89. The fraction of sp³-hybridized carbons (Fsp3) is 0.720. The zero-order chi connectivity index (χ0) is 27.5. The zero-order valence-corrected chi connectivity index (χ0v) is 21.6. The molecule has 2 saturated heterocycles. The SMILES string of the molecule is C/C=C(\C)C(=O)O[C@H]1C[C@@H](OC(C)=O)[C@@]2(C(=O)OC)CO[C@H]3C(=O)[C@@H](C)[C@H]4[C@]1(CO[C@]4(O)C(=O)OC)[C@@H]32. The molecule has 1 N–H and O–H groups in total. The van der Waals surface area contributed by atoms with Crippen molar-refractivity contribution in [3.05, 3.63) is 11.6 Å². The Bertz CT molecular complexity index is 1070. The van der Waals surface area contributed by atoms with Crippen LogP contribution in [-0.2, 0) is 52.4 Å². The van der Waals surface area contributed by atoms with Gasteiger partial charge in [-0.25, -0.2) is 9.59 Å². The highest BCUT2D eigenvalue weighted by atomic mass is 16.7. The molecular weight excluding hydrogens is 492 g/mol. The van der Waals surface area contributed by atoms with E-state index in [2.05, 4.69) is 0 Å². The number of methoxy groups -OCH3 is 2. The summed E-state index contributed by atoms with van der Waals surface area (Å²) in [6.45, 7) is 5.18. The van der Waals surface area contributed by atoms with Crippen molar-refractivity contribution in [2.45, 2.75) is 58.2 Å². The van der Waals surface area contributed by atoms with E-state index >= 15 is 0 Å². The largest absolute Gasteiger partial charge is 0.468 e. The number of ether oxygens (including phenoxy) is 6. The second-order valence-electron chi connectivity index (χ2n) is 10.2. The summed E-state index contributed by atoms with van der Waals surface area (Å²) in [6, 6.07) is 0. The zero-order valence-electron chi connectivity index (χ0n) is 21.6. The smallest absolute Gasteiger partial charge is 0.366 e. The average molecular weight is 525 g/mol. The van der Waals surface area contributed by atoms with Crippen LogP contribution in [0.4, 0.5) is 0 Å². The fourth-order valence-corrected chi connectivity index (χ4v) is 7.08. The molecular formula is C25H32O12. The van der Waals surface area contributed by atoms with E-state index < -0.39 is 82.3 Å². The molecule has 2 heterocycles. The van der Waals surface area contributed by atoms with E-state index in [9.17, 15) is 29.1 Å². The molecule has 2 aliphatic carbocycles. The molecule has 0 aromatic rings. The van der Waals surface area contributed by atoms with Gasteiger partial charge in [0.25, 0.3) is 5.79 Å². The summed E-state index contributed by atoms with van der Waals surface area (Å²) in [5.74, 6) is -9.81. The van der Waals surface area contributed by atoms with E-state index in [0.717, 1.165) is 14.2 Å². The standard InChI is InChI=1S/C25H32O12/c1-7-11(2)20(28)37-14-8-15(36-13(4)26)24(21(29)32-5)9-34-17-16(27)12(3)18-23(14,19(17)24)10-35-25(18,31)22(30)33-6/h7,12,14-15,17-19,31H,8-10H2,1-6H3/b11-7+/t12-,14+,15-,17+,18+,19-,23-,24+,25+/m1/s1. The molecule has 4 fully saturated rings. The molecule has 204 valence electrons. The molecule has 0 aromatic heterocycles. The number of rotatable bonds is 5. The maximum Gasteiger partial charge on any atom is 0.366 e. The molecule has 0 aromatic carbocycles. The first kappa shape index (κ1) is 27.2. The second-order valence-corrected chi connectivity index (χ2v) is 10.2. The summed E-state index contributed by atoms with van der Waals surface area (Å²) in [6.07, 6.45) is -2.19. The number of esters is 4. The van der Waals surface area contributed by atoms with Crippen molar-refractivity contribution < 1.29 is 57.5 Å². The predicted octanol–water partition coefficient (Wildman–Crippen LogP) is 0.0874. The van der Waals surface area contributed by atoms with Gasteiger partial charge in [0.15, 0.2) is 5.78 Å². The van der Waals surface area contributed by atoms with Gasteiger partial charge in [-0.15, -0.1) is 0 Å². The van der Waals surface area contributed by atoms with Crippen LogP contribution >= 0.6 is 0 Å². The Morgan fingerprint density at radius 3 is 2.22 bits per heavy atom. The lowest BCUT2D eigenvalue weighted by Gasteiger charge is -2.59. The van der Waals surface area contributed by atoms with Crippen LogP contribution in [0.2, 0.25) is 0 Å². The lowest BCUT2D eigenvalue weighted by atomic mass is 9.43. The van der Waals surface area contributed by atoms with E-state index in [1.807, 2.05) is 0 Å². The van der Waals surface area contributed by atoms with Gasteiger partial charge in [0.1, 0.15) is 23.7 Å². The number of ketones is 1. The molecule has 4 aliphatic rings. The van der Waals surface area contributed by atoms with Crippen molar-refractivity contribution in [1.29, 1.82) is 0 Å². The monoisotopic (exact) mass is 524 g/mol. The summed E-state index contributed by atoms with van der Waals surface area (Å²) in [4.78, 5) is 65.1. The molecule has 0 bridgehead atoms. The van der Waals surface area contributed by atoms with Crippen LogP contribution in [0.3, 0.4) is 0 Å². The minimum Gasteiger partial charge on any atom is -0.468 e. The molecule has 2 aliphatic heterocycles. The molecule has 12 nitrogen and oxygen atoms in total. The van der Waals surface area contributed by atoms with Crippen molar-refractivity contribution in [3.8, 4) is 0 Å². The summed E-state index contributed by atoms with van der Waals surface area (Å²) in [5, 5.41) is 11.5. The summed E-state index contributed by atoms with van der Waals surface area (Å²) >= 11 is 0. The van der Waals surface area contributed by atoms with Gasteiger partial charge in [-0.1, -0.05) is 13.0 Å². The fourth-order valence-electron chi connectivity index (χ4n) is 7.08. The predicted molar refractivity (Wildman–Crippen MR) is 120 cm³/mol. The molecule has 0 unspecified atom stereocenters. The number of aliphatic hydroxyl groups is 1. The maximum atomic E-state index is 13.6. The highest BCUT2D eigenvalue weighted by molar-refractivity contribution is 5.93. The Hall–Kier alpha value is -2.83. The Kier molecular flexibility index (Phi) is 6.75. The summed E-state index contributed by atoms with van der Waals surface area (Å²) < 4.78 is 33.1. The molecule has 1 spiro atoms. The number of allylic oxidation sites excluding steroid dienone is 1. The van der Waals surface area contributed by atoms with Crippen LogP contribution in [0.5, 0.6) is 0 Å². The Balaban J connectivity index is 2.00. The van der Waals surface area contributed by atoms with Gasteiger partial charge in [-0.05, 0) is 13.8 Å². The third kappa shape index (κ3) is 3.48. The van der Waals surface area contributed by atoms with Crippen molar-refractivity contribution in [2.24, 2.45) is 28.6 Å². The number of hydrogen-bond acceptors (Lipinski definition) is 12. The van der Waals surface area contributed by atoms with Gasteiger partial charge < -0.3 is 33.5 Å². The third-order valence-electron chi connectivity index (χ3n) is 8.67. The quantitative estimate of drug-likeness (QED) is 0.294. The first-order chi connectivity index (χ1) is 17.4. The molecule has 2 saturated carbocycles. The Morgan fingerprint density at radius 1 is 1.00 bits per heavy atom. The Labute approximate surface area is 213 Å². The van der Waals surface area contributed by atoms with E-state index in [4.69, 9.17) is 28.4 Å². The van der Waals surface area contributed by atoms with E-state index in [-0.39, 0.29) is 25.2 Å². The van der Waals surface area contributed by atoms with Gasteiger partial charge in [0, 0.05) is 42.1 Å². The van der Waals surface area contributed by atoms with Gasteiger partial charge in [-0.2, -0.15) is 0 Å². The maximum absolute atomic E-state index is 13.6. The minimum absolute atomic E-state index is 0.192. The lowest BCUT2D eigenvalue weighted by Crippen LogP contribution is -2.73. The van der Waals surface area contributed by atoms with E-state index in [1.165, 1.54) is 13.8 Å². The normalized spacial score (nSPS) is 42.4. The molecule has 12 heteroatoms. The molecule has 0 radical (unpaired) electrons. The molecule has 0 amide bonds. The van der Waals surface area contributed by atoms with Crippen molar-refractivity contribution >= 4 is 29.7 Å². The van der Waals surface area contributed by atoms with Crippen LogP contribution in [0.15, 0.2) is 11.6 Å². The van der Waals surface area contributed by atoms with Crippen LogP contribution < -0.4 is 0 Å². The highest BCUT2D eigenvalue weighted by Crippen LogP contribution is 2.69. The average Bonchev–Trinajstić information content (AvgIpc) is 3.43. The first-order valence-corrected chi connectivity index (χ1v) is 12.1. The van der Waals surface area contributed by atoms with Crippen LogP contribution in [0.1, 0.15) is 34.1 Å². The lowest BCUT2D eigenvalue weighted by molar-refractivity contribution is -0.243. The van der Waals surface area contributed by atoms with Gasteiger partial charge in [0.05, 0.1) is 27.4 Å². The minimum atomic E-state index is -2.58. The number of Topliss-reactive ketones (excluding diaryl/α,β-unsaturated/α-hetero) is 1. The highest BCUT2D eigenvalue weighted by Gasteiger charge is 2.83. The van der Waals surface area contributed by atoms with E-state index in [0.29, 0.717) is 0 Å². The van der Waals surface area contributed by atoms with Crippen LogP contribution in [0, 0.1) is 28.6 Å². The topological polar surface area (TPSA) is 161 Å². The molecule has 9 atom stereocenters. The number of carbonyl (C=O) groups is 5. The van der Waals surface area contributed by atoms with Crippen molar-refractivity contribution in [1.82, 2.24) is 0 Å².